The minimum atomic E-state index is -1.89. The number of rotatable bonds is 10. The van der Waals surface area contributed by atoms with Gasteiger partial charge in [0.25, 0.3) is 5.91 Å². The van der Waals surface area contributed by atoms with E-state index in [1.165, 1.54) is 37.7 Å². The number of hydrogen-bond acceptors (Lipinski definition) is 2. The number of likely N-dealkylation sites (tertiary alicyclic amines) is 1. The van der Waals surface area contributed by atoms with Crippen molar-refractivity contribution in [1.29, 1.82) is 0 Å². The lowest BCUT2D eigenvalue weighted by Crippen LogP contribution is -2.49. The molecular formula is C32H50BrNO2Si. The molecule has 1 aromatic rings. The fourth-order valence-corrected chi connectivity index (χ4v) is 10.5. The maximum absolute atomic E-state index is 14.2. The summed E-state index contributed by atoms with van der Waals surface area (Å²) in [7, 11) is -1.89. The summed E-state index contributed by atoms with van der Waals surface area (Å²) in [5.74, 6) is 2.32. The molecule has 3 aliphatic rings. The lowest BCUT2D eigenvalue weighted by Gasteiger charge is -2.45. The second kappa shape index (κ2) is 11.7. The topological polar surface area (TPSA) is 29.5 Å². The number of halogens is 1. The van der Waals surface area contributed by atoms with Crippen LogP contribution in [0.5, 0.6) is 0 Å². The average Bonchev–Trinajstić information content (AvgIpc) is 3.31. The van der Waals surface area contributed by atoms with Gasteiger partial charge in [-0.1, -0.05) is 79.0 Å². The predicted molar refractivity (Wildman–Crippen MR) is 161 cm³/mol. The zero-order valence-corrected chi connectivity index (χ0v) is 26.8. The van der Waals surface area contributed by atoms with E-state index in [1.54, 1.807) is 5.57 Å². The number of allylic oxidation sites excluding steroid dienone is 1. The zero-order valence-electron chi connectivity index (χ0n) is 24.2. The van der Waals surface area contributed by atoms with Crippen molar-refractivity contribution in [2.24, 2.45) is 23.2 Å². The Morgan fingerprint density at radius 1 is 1.22 bits per heavy atom. The Kier molecular flexibility index (Phi) is 9.18. The standard InChI is InChI=1S/C32H50BrNO2Si/c1-7-18-32(36-37(4,5)6)22-27(34(30(32)35)20-17-25-12-9-8-10-13-25)21-24(2)28-15-16-29-26(23-33)14-11-19-31(28,29)3/h8-10,12-13,23-24,27-29H,7,11,14-22H2,1-6H3/b26-23+/t24-,27?,28-,29+,31-,32?/m1/s1. The fraction of sp³-hybridized carbons (Fsp3) is 0.719. The number of benzene rings is 1. The molecule has 1 saturated heterocycles. The maximum atomic E-state index is 14.2. The summed E-state index contributed by atoms with van der Waals surface area (Å²) in [6.45, 7) is 14.8. The highest BCUT2D eigenvalue weighted by Gasteiger charge is 2.55. The molecule has 6 atom stereocenters. The summed E-state index contributed by atoms with van der Waals surface area (Å²) in [6, 6.07) is 10.9. The lowest BCUT2D eigenvalue weighted by molar-refractivity contribution is -0.142. The van der Waals surface area contributed by atoms with Crippen molar-refractivity contribution in [2.45, 2.75) is 116 Å². The molecule has 1 heterocycles. The highest BCUT2D eigenvalue weighted by Crippen LogP contribution is 2.60. The molecule has 2 saturated carbocycles. The van der Waals surface area contributed by atoms with E-state index in [-0.39, 0.29) is 11.9 Å². The number of carbonyl (C=O) groups excluding carboxylic acids is 1. The number of carbonyl (C=O) groups is 1. The monoisotopic (exact) mass is 587 g/mol. The Balaban J connectivity index is 1.57. The molecule has 0 aromatic heterocycles. The molecule has 1 amide bonds. The second-order valence-electron chi connectivity index (χ2n) is 13.5. The van der Waals surface area contributed by atoms with Crippen LogP contribution in [-0.2, 0) is 15.6 Å². The van der Waals surface area contributed by atoms with Gasteiger partial charge in [0.05, 0.1) is 0 Å². The van der Waals surface area contributed by atoms with Gasteiger partial charge in [0.1, 0.15) is 5.60 Å². The quantitative estimate of drug-likeness (QED) is 0.256. The van der Waals surface area contributed by atoms with Crippen molar-refractivity contribution >= 4 is 30.2 Å². The third-order valence-electron chi connectivity index (χ3n) is 9.81. The lowest BCUT2D eigenvalue weighted by atomic mass is 9.61. The molecule has 0 bridgehead atoms. The Morgan fingerprint density at radius 2 is 1.95 bits per heavy atom. The van der Waals surface area contributed by atoms with Crippen molar-refractivity contribution < 1.29 is 9.22 Å². The largest absolute Gasteiger partial charge is 0.403 e. The Hall–Kier alpha value is -0.913. The first-order valence-electron chi connectivity index (χ1n) is 14.9. The molecule has 2 unspecified atom stereocenters. The van der Waals surface area contributed by atoms with Crippen LogP contribution >= 0.6 is 15.9 Å². The number of amides is 1. The molecule has 0 spiro atoms. The van der Waals surface area contributed by atoms with Crippen LogP contribution in [0.3, 0.4) is 0 Å². The van der Waals surface area contributed by atoms with Crippen LogP contribution in [0.1, 0.15) is 84.1 Å². The van der Waals surface area contributed by atoms with Crippen LogP contribution < -0.4 is 0 Å². The molecule has 2 aliphatic carbocycles. The van der Waals surface area contributed by atoms with Gasteiger partial charge < -0.3 is 9.33 Å². The molecular weight excluding hydrogens is 538 g/mol. The summed E-state index contributed by atoms with van der Waals surface area (Å²) < 4.78 is 6.83. The second-order valence-corrected chi connectivity index (χ2v) is 18.4. The maximum Gasteiger partial charge on any atom is 0.254 e. The van der Waals surface area contributed by atoms with E-state index in [0.29, 0.717) is 11.3 Å². The van der Waals surface area contributed by atoms with E-state index in [4.69, 9.17) is 4.43 Å². The molecule has 3 fully saturated rings. The van der Waals surface area contributed by atoms with E-state index in [2.05, 4.69) is 96.6 Å². The van der Waals surface area contributed by atoms with Crippen LogP contribution in [0.15, 0.2) is 40.9 Å². The van der Waals surface area contributed by atoms with E-state index in [1.807, 2.05) is 0 Å². The van der Waals surface area contributed by atoms with Gasteiger partial charge in [-0.3, -0.25) is 4.79 Å². The van der Waals surface area contributed by atoms with Gasteiger partial charge >= 0.3 is 0 Å². The molecule has 37 heavy (non-hydrogen) atoms. The van der Waals surface area contributed by atoms with Gasteiger partial charge in [0.15, 0.2) is 8.32 Å². The van der Waals surface area contributed by atoms with Gasteiger partial charge in [-0.15, -0.1) is 0 Å². The summed E-state index contributed by atoms with van der Waals surface area (Å²) in [6.07, 6.45) is 11.2. The van der Waals surface area contributed by atoms with E-state index < -0.39 is 13.9 Å². The van der Waals surface area contributed by atoms with Gasteiger partial charge in [-0.2, -0.15) is 0 Å². The summed E-state index contributed by atoms with van der Waals surface area (Å²) in [4.78, 5) is 18.7. The van der Waals surface area contributed by atoms with Gasteiger partial charge in [-0.05, 0) is 105 Å². The molecule has 0 radical (unpaired) electrons. The first-order chi connectivity index (χ1) is 17.5. The van der Waals surface area contributed by atoms with Crippen LogP contribution in [0, 0.1) is 23.2 Å². The first-order valence-corrected chi connectivity index (χ1v) is 19.2. The Bertz CT molecular complexity index is 959. The van der Waals surface area contributed by atoms with Crippen LogP contribution in [-0.4, -0.2) is 37.3 Å². The molecule has 0 N–H and O–H groups in total. The molecule has 5 heteroatoms. The predicted octanol–water partition coefficient (Wildman–Crippen LogP) is 8.74. The fourth-order valence-electron chi connectivity index (χ4n) is 8.47. The first kappa shape index (κ1) is 29.1. The molecule has 3 nitrogen and oxygen atoms in total. The average molecular weight is 589 g/mol. The van der Waals surface area contributed by atoms with Gasteiger partial charge in [0, 0.05) is 19.0 Å². The smallest absolute Gasteiger partial charge is 0.254 e. The minimum Gasteiger partial charge on any atom is -0.403 e. The minimum absolute atomic E-state index is 0.266. The van der Waals surface area contributed by atoms with Crippen molar-refractivity contribution in [2.75, 3.05) is 6.54 Å². The van der Waals surface area contributed by atoms with Crippen LogP contribution in [0.25, 0.3) is 0 Å². The highest BCUT2D eigenvalue weighted by molar-refractivity contribution is 9.11. The van der Waals surface area contributed by atoms with Crippen LogP contribution in [0.4, 0.5) is 0 Å². The number of fused-ring (bicyclic) bond motifs is 1. The summed E-state index contributed by atoms with van der Waals surface area (Å²) >= 11 is 3.68. The Labute approximate surface area is 236 Å². The van der Waals surface area contributed by atoms with E-state index >= 15 is 0 Å². The third-order valence-corrected chi connectivity index (χ3v) is 11.4. The SMILES string of the molecule is CCCC1(O[Si](C)(C)C)CC(C[C@@H](C)[C@H]2CC[C@H]3/C(=C/Br)CCC[C@]23C)N(CCc2ccccc2)C1=O. The van der Waals surface area contributed by atoms with Gasteiger partial charge in [0.2, 0.25) is 0 Å². The van der Waals surface area contributed by atoms with E-state index in [9.17, 15) is 4.79 Å². The third kappa shape index (κ3) is 6.14. The summed E-state index contributed by atoms with van der Waals surface area (Å²) in [5.41, 5.74) is 2.71. The number of nitrogens with zero attached hydrogens (tertiary/aromatic N) is 1. The van der Waals surface area contributed by atoms with Gasteiger partial charge in [-0.25, -0.2) is 0 Å². The number of hydrogen-bond donors (Lipinski definition) is 0. The normalized spacial score (nSPS) is 34.2. The molecule has 1 aliphatic heterocycles. The van der Waals surface area contributed by atoms with Crippen molar-refractivity contribution in [1.82, 2.24) is 4.90 Å². The molecule has 1 aromatic carbocycles. The van der Waals surface area contributed by atoms with Crippen molar-refractivity contribution in [3.8, 4) is 0 Å². The Morgan fingerprint density at radius 3 is 2.59 bits per heavy atom. The molecule has 206 valence electrons. The highest BCUT2D eigenvalue weighted by atomic mass is 79.9. The van der Waals surface area contributed by atoms with Crippen molar-refractivity contribution in [3.63, 3.8) is 0 Å². The summed E-state index contributed by atoms with van der Waals surface area (Å²) in [5, 5.41) is 0. The molecule has 4 rings (SSSR count). The van der Waals surface area contributed by atoms with E-state index in [0.717, 1.165) is 50.5 Å². The van der Waals surface area contributed by atoms with Crippen LogP contribution in [0.2, 0.25) is 19.6 Å². The van der Waals surface area contributed by atoms with Crippen molar-refractivity contribution in [3.05, 3.63) is 46.5 Å². The zero-order chi connectivity index (χ0) is 26.8.